The minimum atomic E-state index is -0.895. The van der Waals surface area contributed by atoms with Crippen LogP contribution in [0, 0.1) is 26.7 Å². The van der Waals surface area contributed by atoms with E-state index in [1.165, 1.54) is 4.90 Å². The minimum Gasteiger partial charge on any atom is -0.444 e. The molecule has 196 valence electrons. The van der Waals surface area contributed by atoms with E-state index in [0.29, 0.717) is 12.1 Å². The fourth-order valence-electron chi connectivity index (χ4n) is 4.19. The molecule has 0 heterocycles. The monoisotopic (exact) mass is 495 g/mol. The van der Waals surface area contributed by atoms with Gasteiger partial charge in [0.1, 0.15) is 17.7 Å². The smallest absolute Gasteiger partial charge is 0.408 e. The zero-order valence-electron chi connectivity index (χ0n) is 23.1. The van der Waals surface area contributed by atoms with Gasteiger partial charge in [-0.25, -0.2) is 4.79 Å². The molecular weight excluding hydrogens is 454 g/mol. The number of benzene rings is 2. The molecule has 0 spiro atoms. The van der Waals surface area contributed by atoms with Crippen molar-refractivity contribution in [3.8, 4) is 0 Å². The molecule has 0 saturated carbocycles. The Bertz CT molecular complexity index is 1070. The lowest BCUT2D eigenvalue weighted by molar-refractivity contribution is -0.139. The van der Waals surface area contributed by atoms with Gasteiger partial charge in [0.15, 0.2) is 0 Å². The second-order valence-electron chi connectivity index (χ2n) is 10.8. The van der Waals surface area contributed by atoms with E-state index in [1.807, 2.05) is 77.1 Å². The molecule has 0 bridgehead atoms. The molecule has 0 aliphatic carbocycles. The van der Waals surface area contributed by atoms with Gasteiger partial charge in [-0.3, -0.25) is 9.59 Å². The summed E-state index contributed by atoms with van der Waals surface area (Å²) in [5.74, 6) is -0.554. The first-order valence-corrected chi connectivity index (χ1v) is 12.4. The Balaban J connectivity index is 2.46. The molecule has 2 aromatic rings. The first-order valence-electron chi connectivity index (χ1n) is 12.4. The molecule has 0 saturated heterocycles. The van der Waals surface area contributed by atoms with Crippen LogP contribution < -0.4 is 10.6 Å². The maximum absolute atomic E-state index is 13.8. The van der Waals surface area contributed by atoms with Crippen LogP contribution in [0.15, 0.2) is 42.5 Å². The molecule has 3 amide bonds. The van der Waals surface area contributed by atoms with E-state index in [9.17, 15) is 14.4 Å². The first-order chi connectivity index (χ1) is 16.7. The molecular formula is C29H41N3O4. The zero-order chi connectivity index (χ0) is 27.2. The van der Waals surface area contributed by atoms with Gasteiger partial charge in [0.25, 0.3) is 5.91 Å². The van der Waals surface area contributed by atoms with Gasteiger partial charge in [-0.1, -0.05) is 50.2 Å². The van der Waals surface area contributed by atoms with Crippen LogP contribution in [0.3, 0.4) is 0 Å². The highest BCUT2D eigenvalue weighted by Crippen LogP contribution is 2.29. The predicted molar refractivity (Wildman–Crippen MR) is 144 cm³/mol. The number of amides is 3. The largest absolute Gasteiger partial charge is 0.444 e. The van der Waals surface area contributed by atoms with Crippen molar-refractivity contribution in [3.05, 3.63) is 64.7 Å². The fraction of sp³-hybridized carbons (Fsp3) is 0.483. The topological polar surface area (TPSA) is 87.7 Å². The maximum Gasteiger partial charge on any atom is 0.408 e. The second-order valence-corrected chi connectivity index (χ2v) is 10.8. The Labute approximate surface area is 215 Å². The first kappa shape index (κ1) is 28.9. The Hall–Kier alpha value is -3.35. The van der Waals surface area contributed by atoms with Crippen molar-refractivity contribution < 1.29 is 19.1 Å². The number of hydrogen-bond donors (Lipinski definition) is 2. The minimum absolute atomic E-state index is 0.127. The van der Waals surface area contributed by atoms with E-state index in [0.717, 1.165) is 22.3 Å². The highest BCUT2D eigenvalue weighted by molar-refractivity contribution is 5.99. The third-order valence-electron chi connectivity index (χ3n) is 5.90. The van der Waals surface area contributed by atoms with Gasteiger partial charge >= 0.3 is 6.09 Å². The average Bonchev–Trinajstić information content (AvgIpc) is 2.75. The van der Waals surface area contributed by atoms with Gasteiger partial charge in [-0.05, 0) is 82.2 Å². The highest BCUT2D eigenvalue weighted by Gasteiger charge is 2.36. The van der Waals surface area contributed by atoms with Crippen LogP contribution in [0.25, 0.3) is 0 Å². The second kappa shape index (κ2) is 12.1. The number of carbonyl (C=O) groups excluding carboxylic acids is 3. The number of carbonyl (C=O) groups is 3. The molecule has 2 atom stereocenters. The van der Waals surface area contributed by atoms with Crippen molar-refractivity contribution in [1.29, 1.82) is 0 Å². The summed E-state index contributed by atoms with van der Waals surface area (Å²) >= 11 is 0. The van der Waals surface area contributed by atoms with E-state index < -0.39 is 23.8 Å². The number of hydrogen-bond acceptors (Lipinski definition) is 4. The lowest BCUT2D eigenvalue weighted by Crippen LogP contribution is -2.51. The molecule has 2 aromatic carbocycles. The van der Waals surface area contributed by atoms with Crippen LogP contribution in [0.5, 0.6) is 0 Å². The van der Waals surface area contributed by atoms with Gasteiger partial charge in [0, 0.05) is 12.7 Å². The number of likely N-dealkylation sites (N-methyl/N-ethyl adjacent to an activating group) is 1. The third kappa shape index (κ3) is 7.83. The Kier molecular flexibility index (Phi) is 9.68. The molecule has 7 heteroatoms. The lowest BCUT2D eigenvalue weighted by Gasteiger charge is -2.33. The van der Waals surface area contributed by atoms with Crippen molar-refractivity contribution in [2.75, 3.05) is 12.4 Å². The van der Waals surface area contributed by atoms with Gasteiger partial charge in [0.2, 0.25) is 5.91 Å². The average molecular weight is 496 g/mol. The van der Waals surface area contributed by atoms with Crippen LogP contribution in [-0.4, -0.2) is 41.5 Å². The van der Waals surface area contributed by atoms with Crippen molar-refractivity contribution >= 4 is 23.6 Å². The maximum atomic E-state index is 13.8. The number of aryl methyl sites for hydroxylation is 3. The van der Waals surface area contributed by atoms with Crippen LogP contribution in [0.2, 0.25) is 0 Å². The summed E-state index contributed by atoms with van der Waals surface area (Å²) in [4.78, 5) is 41.6. The summed E-state index contributed by atoms with van der Waals surface area (Å²) in [6.07, 6.45) is -0.260. The summed E-state index contributed by atoms with van der Waals surface area (Å²) < 4.78 is 5.40. The lowest BCUT2D eigenvalue weighted by atomic mass is 9.93. The van der Waals surface area contributed by atoms with Crippen molar-refractivity contribution in [2.45, 2.75) is 79.5 Å². The van der Waals surface area contributed by atoms with Gasteiger partial charge in [-0.15, -0.1) is 0 Å². The summed E-state index contributed by atoms with van der Waals surface area (Å²) in [5.41, 5.74) is 3.48. The summed E-state index contributed by atoms with van der Waals surface area (Å²) in [7, 11) is 1.61. The fourth-order valence-corrected chi connectivity index (χ4v) is 4.19. The Morgan fingerprint density at radius 1 is 0.917 bits per heavy atom. The van der Waals surface area contributed by atoms with Gasteiger partial charge in [0.05, 0.1) is 0 Å². The number of rotatable bonds is 8. The number of para-hydroxylation sites is 1. The van der Waals surface area contributed by atoms with Crippen molar-refractivity contribution in [3.63, 3.8) is 0 Å². The number of anilines is 1. The van der Waals surface area contributed by atoms with Crippen molar-refractivity contribution in [2.24, 2.45) is 5.92 Å². The number of nitrogens with zero attached hydrogens (tertiary/aromatic N) is 1. The third-order valence-corrected chi connectivity index (χ3v) is 5.90. The normalized spacial score (nSPS) is 13.1. The quantitative estimate of drug-likeness (QED) is 0.492. The molecule has 2 rings (SSSR count). The predicted octanol–water partition coefficient (Wildman–Crippen LogP) is 5.69. The Morgan fingerprint density at radius 2 is 1.47 bits per heavy atom. The van der Waals surface area contributed by atoms with Crippen LogP contribution in [0.4, 0.5) is 10.5 Å². The summed E-state index contributed by atoms with van der Waals surface area (Å²) in [5, 5.41) is 5.74. The van der Waals surface area contributed by atoms with E-state index in [-0.39, 0.29) is 17.7 Å². The van der Waals surface area contributed by atoms with Crippen molar-refractivity contribution in [1.82, 2.24) is 10.2 Å². The standard InChI is InChI=1S/C29H41N3O4/c1-18(2)17-23(31-28(35)36-29(6,7)8)27(34)32(9)25(24-20(4)14-12-15-21(24)5)26(33)30-22-16-11-10-13-19(22)3/h10-16,18,23,25H,17H2,1-9H3,(H,30,33)(H,31,35). The molecule has 2 unspecified atom stereocenters. The Morgan fingerprint density at radius 3 is 2.00 bits per heavy atom. The number of ether oxygens (including phenoxy) is 1. The summed E-state index contributed by atoms with van der Waals surface area (Å²) in [6.45, 7) is 15.0. The van der Waals surface area contributed by atoms with Gasteiger partial charge < -0.3 is 20.3 Å². The SMILES string of the molecule is Cc1ccccc1NC(=O)C(c1c(C)cccc1C)N(C)C(=O)C(CC(C)C)NC(=O)OC(C)(C)C. The molecule has 7 nitrogen and oxygen atoms in total. The van der Waals surface area contributed by atoms with Crippen LogP contribution in [-0.2, 0) is 14.3 Å². The zero-order valence-corrected chi connectivity index (χ0v) is 23.1. The van der Waals surface area contributed by atoms with Crippen LogP contribution >= 0.6 is 0 Å². The molecule has 0 aliphatic rings. The highest BCUT2D eigenvalue weighted by atomic mass is 16.6. The van der Waals surface area contributed by atoms with E-state index in [2.05, 4.69) is 10.6 Å². The molecule has 0 fully saturated rings. The van der Waals surface area contributed by atoms with E-state index in [1.54, 1.807) is 27.8 Å². The number of alkyl carbamates (subject to hydrolysis) is 1. The molecule has 0 aliphatic heterocycles. The molecule has 2 N–H and O–H groups in total. The molecule has 0 radical (unpaired) electrons. The number of nitrogens with one attached hydrogen (secondary N) is 2. The van der Waals surface area contributed by atoms with Crippen LogP contribution in [0.1, 0.15) is 69.3 Å². The summed E-state index contributed by atoms with van der Waals surface area (Å²) in [6, 6.07) is 11.6. The van der Waals surface area contributed by atoms with E-state index >= 15 is 0 Å². The van der Waals surface area contributed by atoms with E-state index in [4.69, 9.17) is 4.74 Å². The van der Waals surface area contributed by atoms with Gasteiger partial charge in [-0.2, -0.15) is 0 Å². The molecule has 36 heavy (non-hydrogen) atoms. The molecule has 0 aromatic heterocycles.